The highest BCUT2D eigenvalue weighted by atomic mass is 19.1. The van der Waals surface area contributed by atoms with E-state index >= 15 is 0 Å². The van der Waals surface area contributed by atoms with E-state index in [4.69, 9.17) is 0 Å². The van der Waals surface area contributed by atoms with Crippen LogP contribution in [-0.2, 0) is 6.42 Å². The maximum absolute atomic E-state index is 13.8. The van der Waals surface area contributed by atoms with Crippen LogP contribution in [0.25, 0.3) is 0 Å². The largest absolute Gasteiger partial charge is 0.314 e. The third-order valence-electron chi connectivity index (χ3n) is 3.54. The van der Waals surface area contributed by atoms with Crippen LogP contribution in [0.2, 0.25) is 0 Å². The molecule has 0 spiro atoms. The normalized spacial score (nSPS) is 12.6. The van der Waals surface area contributed by atoms with Crippen LogP contribution in [0.3, 0.4) is 0 Å². The van der Waals surface area contributed by atoms with Crippen LogP contribution in [0.4, 0.5) is 8.78 Å². The predicted molar refractivity (Wildman–Crippen MR) is 82.4 cm³/mol. The zero-order chi connectivity index (χ0) is 15.2. The Labute approximate surface area is 125 Å². The lowest BCUT2D eigenvalue weighted by atomic mass is 9.91. The Bertz CT molecular complexity index is 564. The molecule has 0 saturated heterocycles. The Morgan fingerprint density at radius 2 is 1.62 bits per heavy atom. The highest BCUT2D eigenvalue weighted by Crippen LogP contribution is 2.22. The summed E-state index contributed by atoms with van der Waals surface area (Å²) in [4.78, 5) is 0. The molecule has 0 amide bonds. The first-order valence-corrected chi connectivity index (χ1v) is 7.28. The Kier molecular flexibility index (Phi) is 5.45. The zero-order valence-electron chi connectivity index (χ0n) is 12.4. The summed E-state index contributed by atoms with van der Waals surface area (Å²) in [6, 6.07) is 13.7. The fourth-order valence-corrected chi connectivity index (χ4v) is 2.35. The van der Waals surface area contributed by atoms with Gasteiger partial charge in [0.2, 0.25) is 0 Å². The molecule has 0 aromatic heterocycles. The summed E-state index contributed by atoms with van der Waals surface area (Å²) in [6.07, 6.45) is 0.595. The molecule has 2 rings (SSSR count). The molecular formula is C18H21F2N. The van der Waals surface area contributed by atoms with Gasteiger partial charge in [0.15, 0.2) is 0 Å². The molecule has 0 heterocycles. The minimum Gasteiger partial charge on any atom is -0.314 e. The number of nitrogens with one attached hydrogen (secondary N) is 1. The fourth-order valence-electron chi connectivity index (χ4n) is 2.35. The summed E-state index contributed by atoms with van der Waals surface area (Å²) in [7, 11) is 0. The molecule has 0 saturated carbocycles. The quantitative estimate of drug-likeness (QED) is 0.836. The highest BCUT2D eigenvalue weighted by Gasteiger charge is 2.15. The van der Waals surface area contributed by atoms with Crippen LogP contribution in [0, 0.1) is 11.6 Å². The summed E-state index contributed by atoms with van der Waals surface area (Å²) in [5.41, 5.74) is 1.71. The fraction of sp³-hybridized carbons (Fsp3) is 0.333. The molecule has 0 aliphatic carbocycles. The Hall–Kier alpha value is -1.74. The van der Waals surface area contributed by atoms with Gasteiger partial charge in [-0.3, -0.25) is 0 Å². The number of hydrogen-bond donors (Lipinski definition) is 1. The van der Waals surface area contributed by atoms with Gasteiger partial charge in [-0.2, -0.15) is 0 Å². The Morgan fingerprint density at radius 3 is 2.24 bits per heavy atom. The predicted octanol–water partition coefficient (Wildman–Crippen LogP) is 4.29. The van der Waals surface area contributed by atoms with E-state index in [2.05, 4.69) is 19.2 Å². The van der Waals surface area contributed by atoms with Crippen molar-refractivity contribution in [3.05, 3.63) is 71.3 Å². The van der Waals surface area contributed by atoms with E-state index in [1.807, 2.05) is 6.07 Å². The summed E-state index contributed by atoms with van der Waals surface area (Å²) in [5, 5.41) is 3.38. The smallest absolute Gasteiger partial charge is 0.126 e. The molecule has 0 radical (unpaired) electrons. The van der Waals surface area contributed by atoms with Crippen LogP contribution < -0.4 is 5.32 Å². The van der Waals surface area contributed by atoms with Gasteiger partial charge in [0.05, 0.1) is 0 Å². The van der Waals surface area contributed by atoms with Crippen molar-refractivity contribution >= 4 is 0 Å². The second-order valence-corrected chi connectivity index (χ2v) is 5.61. The van der Waals surface area contributed by atoms with Crippen molar-refractivity contribution in [3.63, 3.8) is 0 Å². The third kappa shape index (κ3) is 4.64. The molecule has 1 unspecified atom stereocenters. The van der Waals surface area contributed by atoms with Gasteiger partial charge in [-0.15, -0.1) is 0 Å². The molecule has 0 aliphatic heterocycles. The van der Waals surface area contributed by atoms with E-state index in [1.165, 1.54) is 18.2 Å². The minimum atomic E-state index is -0.250. The maximum atomic E-state index is 13.8. The number of rotatable bonds is 6. The highest BCUT2D eigenvalue weighted by molar-refractivity contribution is 5.26. The van der Waals surface area contributed by atoms with E-state index in [0.29, 0.717) is 18.0 Å². The molecular weight excluding hydrogens is 268 g/mol. The molecule has 3 heteroatoms. The van der Waals surface area contributed by atoms with Crippen LogP contribution in [0.5, 0.6) is 0 Å². The van der Waals surface area contributed by atoms with E-state index in [0.717, 1.165) is 12.1 Å². The van der Waals surface area contributed by atoms with Gasteiger partial charge in [-0.05, 0) is 35.7 Å². The van der Waals surface area contributed by atoms with Gasteiger partial charge in [0.25, 0.3) is 0 Å². The molecule has 2 aromatic rings. The van der Waals surface area contributed by atoms with Crippen molar-refractivity contribution in [2.45, 2.75) is 32.2 Å². The Balaban J connectivity index is 2.19. The van der Waals surface area contributed by atoms with Crippen LogP contribution >= 0.6 is 0 Å². The molecule has 2 aromatic carbocycles. The van der Waals surface area contributed by atoms with Crippen LogP contribution in [0.1, 0.15) is 30.9 Å². The SMILES string of the molecule is CC(C)NCC(Cc1ccccc1F)c1ccc(F)cc1. The molecule has 1 nitrogen and oxygen atoms in total. The van der Waals surface area contributed by atoms with E-state index in [1.54, 1.807) is 24.3 Å². The van der Waals surface area contributed by atoms with Crippen molar-refractivity contribution < 1.29 is 8.78 Å². The minimum absolute atomic E-state index is 0.116. The van der Waals surface area contributed by atoms with Crippen molar-refractivity contribution in [2.75, 3.05) is 6.54 Å². The molecule has 1 N–H and O–H groups in total. The molecule has 112 valence electrons. The maximum Gasteiger partial charge on any atom is 0.126 e. The van der Waals surface area contributed by atoms with Gasteiger partial charge in [0.1, 0.15) is 11.6 Å². The topological polar surface area (TPSA) is 12.0 Å². The lowest BCUT2D eigenvalue weighted by Gasteiger charge is -2.20. The summed E-state index contributed by atoms with van der Waals surface area (Å²) < 4.78 is 26.9. The van der Waals surface area contributed by atoms with Crippen LogP contribution in [0.15, 0.2) is 48.5 Å². The van der Waals surface area contributed by atoms with Gasteiger partial charge in [-0.1, -0.05) is 44.2 Å². The van der Waals surface area contributed by atoms with Crippen LogP contribution in [-0.4, -0.2) is 12.6 Å². The van der Waals surface area contributed by atoms with E-state index < -0.39 is 0 Å². The Morgan fingerprint density at radius 1 is 0.952 bits per heavy atom. The monoisotopic (exact) mass is 289 g/mol. The number of hydrogen-bond acceptors (Lipinski definition) is 1. The van der Waals surface area contributed by atoms with Gasteiger partial charge in [0, 0.05) is 18.5 Å². The van der Waals surface area contributed by atoms with Gasteiger partial charge >= 0.3 is 0 Å². The molecule has 0 aliphatic rings. The van der Waals surface area contributed by atoms with Crippen molar-refractivity contribution in [3.8, 4) is 0 Å². The molecule has 0 fully saturated rings. The lowest BCUT2D eigenvalue weighted by molar-refractivity contribution is 0.516. The third-order valence-corrected chi connectivity index (χ3v) is 3.54. The summed E-state index contributed by atoms with van der Waals surface area (Å²) in [5.74, 6) is -0.320. The first-order valence-electron chi connectivity index (χ1n) is 7.28. The van der Waals surface area contributed by atoms with E-state index in [-0.39, 0.29) is 17.6 Å². The molecule has 1 atom stereocenters. The number of benzene rings is 2. The van der Waals surface area contributed by atoms with E-state index in [9.17, 15) is 8.78 Å². The standard InChI is InChI=1S/C18H21F2N/c1-13(2)21-12-16(14-7-9-17(19)10-8-14)11-15-5-3-4-6-18(15)20/h3-10,13,16,21H,11-12H2,1-2H3. The molecule has 0 bridgehead atoms. The summed E-state index contributed by atoms with van der Waals surface area (Å²) in [6.45, 7) is 4.88. The second-order valence-electron chi connectivity index (χ2n) is 5.61. The zero-order valence-corrected chi connectivity index (χ0v) is 12.4. The first-order chi connectivity index (χ1) is 10.1. The first kappa shape index (κ1) is 15.6. The van der Waals surface area contributed by atoms with Crippen molar-refractivity contribution in [2.24, 2.45) is 0 Å². The average molecular weight is 289 g/mol. The van der Waals surface area contributed by atoms with Gasteiger partial charge in [-0.25, -0.2) is 8.78 Å². The summed E-state index contributed by atoms with van der Waals surface area (Å²) >= 11 is 0. The molecule has 21 heavy (non-hydrogen) atoms. The average Bonchev–Trinajstić information content (AvgIpc) is 2.46. The lowest BCUT2D eigenvalue weighted by Crippen LogP contribution is -2.29. The second kappa shape index (κ2) is 7.32. The van der Waals surface area contributed by atoms with Gasteiger partial charge < -0.3 is 5.32 Å². The van der Waals surface area contributed by atoms with Crippen molar-refractivity contribution in [1.82, 2.24) is 5.32 Å². The number of halogens is 2. The van der Waals surface area contributed by atoms with Crippen molar-refractivity contribution in [1.29, 1.82) is 0 Å².